The number of hydrogen-bond acceptors (Lipinski definition) is 9. The molecule has 2 aromatic carbocycles. The lowest BCUT2D eigenvalue weighted by Crippen LogP contribution is -2.35. The zero-order chi connectivity index (χ0) is 22.4. The fraction of sp³-hybridized carbons (Fsp3) is 0.111. The number of benzene rings is 2. The van der Waals surface area contributed by atoms with Crippen LogP contribution in [0.2, 0.25) is 0 Å². The molecule has 0 unspecified atom stereocenters. The highest BCUT2D eigenvalue weighted by atomic mass is 16.6. The first-order valence-electron chi connectivity index (χ1n) is 8.75. The number of hydrogen-bond donors (Lipinski definition) is 2. The van der Waals surface area contributed by atoms with E-state index in [-0.39, 0.29) is 41.7 Å². The molecule has 158 valence electrons. The molecular weight excluding hydrogens is 412 g/mol. The van der Waals surface area contributed by atoms with Crippen LogP contribution in [-0.2, 0) is 0 Å². The van der Waals surface area contributed by atoms with E-state index in [1.807, 2.05) is 0 Å². The Balaban J connectivity index is 1.52. The molecule has 0 aliphatic carbocycles. The number of nitro benzene ring substituents is 2. The molecule has 0 aliphatic rings. The average Bonchev–Trinajstić information content (AvgIpc) is 3.27. The van der Waals surface area contributed by atoms with Gasteiger partial charge in [0.25, 0.3) is 17.3 Å². The Kier molecular flexibility index (Phi) is 6.25. The first kappa shape index (κ1) is 21.0. The van der Waals surface area contributed by atoms with Gasteiger partial charge in [-0.2, -0.15) is 4.98 Å². The van der Waals surface area contributed by atoms with Crippen molar-refractivity contribution in [2.45, 2.75) is 0 Å². The van der Waals surface area contributed by atoms with Gasteiger partial charge in [-0.1, -0.05) is 17.3 Å². The number of rotatable bonds is 8. The summed E-state index contributed by atoms with van der Waals surface area (Å²) in [7, 11) is 0. The Morgan fingerprint density at radius 3 is 2.19 bits per heavy atom. The molecule has 13 nitrogen and oxygen atoms in total. The zero-order valence-electron chi connectivity index (χ0n) is 15.7. The van der Waals surface area contributed by atoms with Crippen LogP contribution in [0.4, 0.5) is 11.4 Å². The van der Waals surface area contributed by atoms with Gasteiger partial charge >= 0.3 is 11.8 Å². The van der Waals surface area contributed by atoms with Crippen molar-refractivity contribution in [1.29, 1.82) is 0 Å². The number of aromatic nitrogens is 2. The lowest BCUT2D eigenvalue weighted by molar-refractivity contribution is -0.385. The van der Waals surface area contributed by atoms with E-state index in [2.05, 4.69) is 20.8 Å². The van der Waals surface area contributed by atoms with Gasteiger partial charge in [0.15, 0.2) is 0 Å². The Morgan fingerprint density at radius 1 is 0.903 bits per heavy atom. The van der Waals surface area contributed by atoms with E-state index in [4.69, 9.17) is 4.52 Å². The molecule has 31 heavy (non-hydrogen) atoms. The maximum atomic E-state index is 12.1. The number of para-hydroxylation sites is 1. The second-order valence-corrected chi connectivity index (χ2v) is 6.01. The van der Waals surface area contributed by atoms with Crippen molar-refractivity contribution in [3.05, 3.63) is 80.2 Å². The van der Waals surface area contributed by atoms with E-state index in [0.29, 0.717) is 5.56 Å². The lowest BCUT2D eigenvalue weighted by Gasteiger charge is -2.06. The molecule has 0 saturated carbocycles. The fourth-order valence-electron chi connectivity index (χ4n) is 2.51. The van der Waals surface area contributed by atoms with E-state index in [1.165, 1.54) is 48.5 Å². The molecule has 0 radical (unpaired) electrons. The topological polar surface area (TPSA) is 183 Å². The highest BCUT2D eigenvalue weighted by Crippen LogP contribution is 2.20. The number of non-ortho nitro benzene ring substituents is 1. The predicted octanol–water partition coefficient (Wildman–Crippen LogP) is 1.71. The van der Waals surface area contributed by atoms with Gasteiger partial charge in [-0.05, 0) is 18.2 Å². The predicted molar refractivity (Wildman–Crippen MR) is 104 cm³/mol. The van der Waals surface area contributed by atoms with Gasteiger partial charge in [0.1, 0.15) is 5.56 Å². The molecule has 0 aliphatic heterocycles. The van der Waals surface area contributed by atoms with Gasteiger partial charge in [-0.3, -0.25) is 29.8 Å². The lowest BCUT2D eigenvalue weighted by atomic mass is 10.1. The molecular formula is C18H14N6O7. The van der Waals surface area contributed by atoms with Gasteiger partial charge < -0.3 is 15.2 Å². The van der Waals surface area contributed by atoms with Crippen LogP contribution in [0.1, 0.15) is 21.0 Å². The molecule has 13 heteroatoms. The van der Waals surface area contributed by atoms with Gasteiger partial charge in [-0.15, -0.1) is 0 Å². The number of nitrogens with zero attached hydrogens (tertiary/aromatic N) is 4. The second-order valence-electron chi connectivity index (χ2n) is 6.01. The summed E-state index contributed by atoms with van der Waals surface area (Å²) in [4.78, 5) is 48.6. The van der Waals surface area contributed by atoms with Crippen molar-refractivity contribution < 1.29 is 24.0 Å². The zero-order valence-corrected chi connectivity index (χ0v) is 15.7. The smallest absolute Gasteiger partial charge is 0.316 e. The second kappa shape index (κ2) is 9.21. The number of carbonyl (C=O) groups is 2. The Labute approximate surface area is 173 Å². The summed E-state index contributed by atoms with van der Waals surface area (Å²) in [6.45, 7) is 0.000415. The van der Waals surface area contributed by atoms with Crippen molar-refractivity contribution in [3.63, 3.8) is 0 Å². The van der Waals surface area contributed by atoms with Gasteiger partial charge in [0.2, 0.25) is 5.82 Å². The van der Waals surface area contributed by atoms with Crippen LogP contribution in [0.25, 0.3) is 11.4 Å². The minimum absolute atomic E-state index is 0.0000309. The molecule has 3 rings (SSSR count). The summed E-state index contributed by atoms with van der Waals surface area (Å²) < 4.78 is 4.88. The minimum Gasteiger partial charge on any atom is -0.350 e. The Morgan fingerprint density at radius 2 is 1.55 bits per heavy atom. The summed E-state index contributed by atoms with van der Waals surface area (Å²) in [5.41, 5.74) is -0.102. The van der Waals surface area contributed by atoms with E-state index < -0.39 is 21.7 Å². The summed E-state index contributed by atoms with van der Waals surface area (Å²) in [6, 6.07) is 10.9. The number of amides is 2. The van der Waals surface area contributed by atoms with Crippen LogP contribution in [0, 0.1) is 20.2 Å². The quantitative estimate of drug-likeness (QED) is 0.307. The van der Waals surface area contributed by atoms with Crippen molar-refractivity contribution in [2.75, 3.05) is 13.1 Å². The highest BCUT2D eigenvalue weighted by Gasteiger charge is 2.19. The number of nitro groups is 2. The molecule has 0 saturated heterocycles. The first-order valence-corrected chi connectivity index (χ1v) is 8.75. The van der Waals surface area contributed by atoms with Crippen LogP contribution in [0.5, 0.6) is 0 Å². The third kappa shape index (κ3) is 5.03. The molecule has 0 fully saturated rings. The largest absolute Gasteiger partial charge is 0.350 e. The standard InChI is InChI=1S/C18H14N6O7/c25-16(13-3-1-2-4-14(13)24(29)30)19-9-10-20-17(26)18-21-15(22-31-18)11-5-7-12(8-6-11)23(27)28/h1-8H,9-10H2,(H,19,25)(H,20,26). The summed E-state index contributed by atoms with van der Waals surface area (Å²) in [6.07, 6.45) is 0. The maximum absolute atomic E-state index is 12.1. The highest BCUT2D eigenvalue weighted by molar-refractivity contribution is 5.98. The van der Waals surface area contributed by atoms with Crippen molar-refractivity contribution in [3.8, 4) is 11.4 Å². The van der Waals surface area contributed by atoms with Crippen LogP contribution < -0.4 is 10.6 Å². The first-order chi connectivity index (χ1) is 14.9. The van der Waals surface area contributed by atoms with Crippen molar-refractivity contribution in [1.82, 2.24) is 20.8 Å². The van der Waals surface area contributed by atoms with E-state index >= 15 is 0 Å². The Bertz CT molecular complexity index is 1140. The van der Waals surface area contributed by atoms with Crippen molar-refractivity contribution >= 4 is 23.2 Å². The average molecular weight is 426 g/mol. The minimum atomic E-state index is -0.694. The van der Waals surface area contributed by atoms with Gasteiger partial charge in [0.05, 0.1) is 9.85 Å². The summed E-state index contributed by atoms with van der Waals surface area (Å²) in [5, 5.41) is 30.2. The number of carbonyl (C=O) groups excluding carboxylic acids is 2. The number of nitrogens with one attached hydrogen (secondary N) is 2. The third-order valence-corrected chi connectivity index (χ3v) is 4.00. The molecule has 2 N–H and O–H groups in total. The van der Waals surface area contributed by atoms with Crippen LogP contribution in [0.15, 0.2) is 53.1 Å². The van der Waals surface area contributed by atoms with E-state index in [1.54, 1.807) is 0 Å². The molecule has 0 atom stereocenters. The molecule has 0 spiro atoms. The van der Waals surface area contributed by atoms with Crippen LogP contribution in [0.3, 0.4) is 0 Å². The Hall–Kier alpha value is -4.68. The van der Waals surface area contributed by atoms with Gasteiger partial charge in [-0.25, -0.2) is 0 Å². The van der Waals surface area contributed by atoms with Crippen LogP contribution >= 0.6 is 0 Å². The normalized spacial score (nSPS) is 10.3. The third-order valence-electron chi connectivity index (χ3n) is 4.00. The summed E-state index contributed by atoms with van der Waals surface area (Å²) >= 11 is 0. The van der Waals surface area contributed by atoms with Gasteiger partial charge in [0, 0.05) is 36.9 Å². The summed E-state index contributed by atoms with van der Waals surface area (Å²) in [5.74, 6) is -1.61. The monoisotopic (exact) mass is 426 g/mol. The molecule has 3 aromatic rings. The SMILES string of the molecule is O=C(NCCNC(=O)c1ccccc1[N+](=O)[O-])c1nc(-c2ccc([N+](=O)[O-])cc2)no1. The molecule has 1 heterocycles. The van der Waals surface area contributed by atoms with Crippen LogP contribution in [-0.4, -0.2) is 44.9 Å². The van der Waals surface area contributed by atoms with Crippen molar-refractivity contribution in [2.24, 2.45) is 0 Å². The van der Waals surface area contributed by atoms with E-state index in [9.17, 15) is 29.8 Å². The maximum Gasteiger partial charge on any atom is 0.316 e. The van der Waals surface area contributed by atoms with E-state index in [0.717, 1.165) is 0 Å². The molecule has 1 aromatic heterocycles. The fourth-order valence-corrected chi connectivity index (χ4v) is 2.51. The molecule has 2 amide bonds. The molecule has 0 bridgehead atoms.